The molecule has 1 amide bonds. The second-order valence-electron chi connectivity index (χ2n) is 6.50. The summed E-state index contributed by atoms with van der Waals surface area (Å²) in [6.07, 6.45) is 2.25. The molecule has 6 nitrogen and oxygen atoms in total. The molecule has 132 valence electrons. The number of halogens is 2. The Balaban J connectivity index is 1.34. The molecule has 1 saturated heterocycles. The van der Waals surface area contributed by atoms with E-state index in [1.807, 2.05) is 0 Å². The Labute approximate surface area is 149 Å². The zero-order valence-corrected chi connectivity index (χ0v) is 14.4. The average Bonchev–Trinajstić information content (AvgIpc) is 3.37. The zero-order valence-electron chi connectivity index (χ0n) is 13.6. The lowest BCUT2D eigenvalue weighted by Gasteiger charge is -2.34. The molecule has 0 bridgehead atoms. The maximum atomic E-state index is 13.9. The summed E-state index contributed by atoms with van der Waals surface area (Å²) in [5.74, 6) is 0.926. The number of rotatable bonds is 4. The Kier molecular flexibility index (Phi) is 4.43. The van der Waals surface area contributed by atoms with Gasteiger partial charge in [0.05, 0.1) is 12.1 Å². The second-order valence-corrected chi connectivity index (χ2v) is 6.94. The third-order valence-electron chi connectivity index (χ3n) is 4.59. The highest BCUT2D eigenvalue weighted by Gasteiger charge is 2.30. The number of hydrogen-bond donors (Lipinski definition) is 0. The van der Waals surface area contributed by atoms with Gasteiger partial charge in [0.1, 0.15) is 5.82 Å². The minimum atomic E-state index is -0.546. The molecule has 1 aliphatic heterocycles. The molecule has 2 fully saturated rings. The van der Waals surface area contributed by atoms with Gasteiger partial charge in [-0.1, -0.05) is 11.6 Å². The topological polar surface area (TPSA) is 62.5 Å². The average molecular weight is 365 g/mol. The quantitative estimate of drug-likeness (QED) is 0.834. The first-order valence-corrected chi connectivity index (χ1v) is 8.77. The lowest BCUT2D eigenvalue weighted by molar-refractivity contribution is 0.0613. The van der Waals surface area contributed by atoms with E-state index in [0.717, 1.165) is 18.7 Å². The third kappa shape index (κ3) is 3.67. The molecule has 8 heteroatoms. The number of nitrogens with zero attached hydrogens (tertiary/aromatic N) is 4. The van der Waals surface area contributed by atoms with Crippen molar-refractivity contribution in [1.82, 2.24) is 20.0 Å². The van der Waals surface area contributed by atoms with Crippen molar-refractivity contribution in [2.24, 2.45) is 0 Å². The lowest BCUT2D eigenvalue weighted by atomic mass is 10.1. The first kappa shape index (κ1) is 16.5. The predicted octanol–water partition coefficient (Wildman–Crippen LogP) is 2.70. The van der Waals surface area contributed by atoms with Crippen LogP contribution in [0.25, 0.3) is 0 Å². The van der Waals surface area contributed by atoms with Crippen LogP contribution in [0.15, 0.2) is 22.6 Å². The number of piperazine rings is 1. The van der Waals surface area contributed by atoms with Crippen LogP contribution >= 0.6 is 11.6 Å². The maximum Gasteiger partial charge on any atom is 0.256 e. The molecular weight excluding hydrogens is 347 g/mol. The Bertz CT molecular complexity index is 785. The van der Waals surface area contributed by atoms with E-state index < -0.39 is 5.82 Å². The van der Waals surface area contributed by atoms with Gasteiger partial charge < -0.3 is 9.32 Å². The van der Waals surface area contributed by atoms with E-state index in [-0.39, 0.29) is 11.5 Å². The van der Waals surface area contributed by atoms with Gasteiger partial charge in [-0.05, 0) is 31.0 Å². The van der Waals surface area contributed by atoms with Crippen LogP contribution < -0.4 is 0 Å². The van der Waals surface area contributed by atoms with Crippen molar-refractivity contribution in [3.63, 3.8) is 0 Å². The molecule has 25 heavy (non-hydrogen) atoms. The standard InChI is InChI=1S/C17H18ClFN4O2/c18-12-3-4-14(19)13(9-12)17(24)23-7-5-22(6-8-23)10-15-20-21-16(25-15)11-1-2-11/h3-4,9,11H,1-2,5-8,10H2. The molecule has 1 saturated carbocycles. The summed E-state index contributed by atoms with van der Waals surface area (Å²) in [4.78, 5) is 16.3. The number of carbonyl (C=O) groups excluding carboxylic acids is 1. The van der Waals surface area contributed by atoms with E-state index in [0.29, 0.717) is 49.6 Å². The first-order chi connectivity index (χ1) is 12.1. The summed E-state index contributed by atoms with van der Waals surface area (Å²) >= 11 is 5.87. The third-order valence-corrected chi connectivity index (χ3v) is 4.82. The molecule has 2 heterocycles. The molecule has 1 aliphatic carbocycles. The Morgan fingerprint density at radius 3 is 2.72 bits per heavy atom. The normalized spacial score (nSPS) is 18.6. The van der Waals surface area contributed by atoms with Crippen LogP contribution in [0.4, 0.5) is 4.39 Å². The van der Waals surface area contributed by atoms with Gasteiger partial charge >= 0.3 is 0 Å². The van der Waals surface area contributed by atoms with Gasteiger partial charge in [0.2, 0.25) is 11.8 Å². The number of hydrogen-bond acceptors (Lipinski definition) is 5. The second kappa shape index (κ2) is 6.72. The van der Waals surface area contributed by atoms with E-state index in [2.05, 4.69) is 15.1 Å². The maximum absolute atomic E-state index is 13.9. The summed E-state index contributed by atoms with van der Waals surface area (Å²) in [6, 6.07) is 4.04. The number of aromatic nitrogens is 2. The summed E-state index contributed by atoms with van der Waals surface area (Å²) in [7, 11) is 0. The van der Waals surface area contributed by atoms with Crippen LogP contribution in [0.2, 0.25) is 5.02 Å². The fourth-order valence-corrected chi connectivity index (χ4v) is 3.13. The highest BCUT2D eigenvalue weighted by atomic mass is 35.5. The molecule has 4 rings (SSSR count). The van der Waals surface area contributed by atoms with Crippen LogP contribution in [0.5, 0.6) is 0 Å². The van der Waals surface area contributed by atoms with E-state index >= 15 is 0 Å². The Morgan fingerprint density at radius 1 is 1.24 bits per heavy atom. The van der Waals surface area contributed by atoms with Crippen LogP contribution in [-0.2, 0) is 6.54 Å². The van der Waals surface area contributed by atoms with Crippen molar-refractivity contribution in [2.75, 3.05) is 26.2 Å². The summed E-state index contributed by atoms with van der Waals surface area (Å²) in [5.41, 5.74) is 0.0203. The van der Waals surface area contributed by atoms with Crippen molar-refractivity contribution < 1.29 is 13.6 Å². The molecule has 1 aromatic heterocycles. The van der Waals surface area contributed by atoms with Gasteiger partial charge in [-0.2, -0.15) is 0 Å². The Morgan fingerprint density at radius 2 is 2.00 bits per heavy atom. The number of benzene rings is 1. The van der Waals surface area contributed by atoms with Crippen molar-refractivity contribution in [1.29, 1.82) is 0 Å². The van der Waals surface area contributed by atoms with Gasteiger partial charge in [-0.3, -0.25) is 9.69 Å². The first-order valence-electron chi connectivity index (χ1n) is 8.39. The molecule has 0 spiro atoms. The van der Waals surface area contributed by atoms with Crippen molar-refractivity contribution in [3.05, 3.63) is 46.4 Å². The number of carbonyl (C=O) groups is 1. The fraction of sp³-hybridized carbons (Fsp3) is 0.471. The molecule has 2 aliphatic rings. The van der Waals surface area contributed by atoms with E-state index in [1.54, 1.807) is 4.90 Å². The van der Waals surface area contributed by atoms with Crippen molar-refractivity contribution in [3.8, 4) is 0 Å². The molecule has 0 unspecified atom stereocenters. The van der Waals surface area contributed by atoms with E-state index in [9.17, 15) is 9.18 Å². The zero-order chi connectivity index (χ0) is 17.4. The fourth-order valence-electron chi connectivity index (χ4n) is 2.96. The molecular formula is C17H18ClFN4O2. The summed E-state index contributed by atoms with van der Waals surface area (Å²) < 4.78 is 19.5. The molecule has 0 atom stereocenters. The molecule has 0 N–H and O–H groups in total. The largest absolute Gasteiger partial charge is 0.424 e. The van der Waals surface area contributed by atoms with E-state index in [1.165, 1.54) is 18.2 Å². The van der Waals surface area contributed by atoms with Gasteiger partial charge in [-0.15, -0.1) is 10.2 Å². The molecule has 1 aromatic carbocycles. The van der Waals surface area contributed by atoms with Crippen molar-refractivity contribution >= 4 is 17.5 Å². The summed E-state index contributed by atoms with van der Waals surface area (Å²) in [5, 5.41) is 8.53. The van der Waals surface area contributed by atoms with E-state index in [4.69, 9.17) is 16.0 Å². The highest BCUT2D eigenvalue weighted by molar-refractivity contribution is 6.31. The molecule has 0 radical (unpaired) electrons. The summed E-state index contributed by atoms with van der Waals surface area (Å²) in [6.45, 7) is 2.97. The SMILES string of the molecule is O=C(c1cc(Cl)ccc1F)N1CCN(Cc2nnc(C3CC3)o2)CC1. The predicted molar refractivity (Wildman–Crippen MR) is 88.9 cm³/mol. The van der Waals surface area contributed by atoms with Crippen LogP contribution in [0.1, 0.15) is 40.9 Å². The lowest BCUT2D eigenvalue weighted by Crippen LogP contribution is -2.48. The number of amides is 1. The van der Waals surface area contributed by atoms with Gasteiger partial charge in [0.15, 0.2) is 0 Å². The molecule has 2 aromatic rings. The van der Waals surface area contributed by atoms with Crippen LogP contribution in [0, 0.1) is 5.82 Å². The van der Waals surface area contributed by atoms with Crippen molar-refractivity contribution in [2.45, 2.75) is 25.3 Å². The van der Waals surface area contributed by atoms with Crippen LogP contribution in [-0.4, -0.2) is 52.1 Å². The van der Waals surface area contributed by atoms with Gasteiger partial charge in [0.25, 0.3) is 5.91 Å². The highest BCUT2D eigenvalue weighted by Crippen LogP contribution is 2.39. The Hall–Kier alpha value is -1.99. The van der Waals surface area contributed by atoms with Gasteiger partial charge in [-0.25, -0.2) is 4.39 Å². The smallest absolute Gasteiger partial charge is 0.256 e. The van der Waals surface area contributed by atoms with Gasteiger partial charge in [0, 0.05) is 37.1 Å². The minimum absolute atomic E-state index is 0.0203. The minimum Gasteiger partial charge on any atom is -0.424 e. The monoisotopic (exact) mass is 364 g/mol. The van der Waals surface area contributed by atoms with Crippen LogP contribution in [0.3, 0.4) is 0 Å².